The SMILES string of the molecule is CC[C@H]1Oc2cc(S(=O)(=O)N3CCC[C@H](C(=O)NCc4cccnc4)C3)c(C)cc2NC1=O. The number of amides is 2. The molecule has 1 saturated heterocycles. The van der Waals surface area contributed by atoms with Crippen LogP contribution in [0.4, 0.5) is 5.69 Å². The zero-order chi connectivity index (χ0) is 23.6. The topological polar surface area (TPSA) is 118 Å². The number of aryl methyl sites for hydroxylation is 1. The maximum Gasteiger partial charge on any atom is 0.265 e. The number of piperidine rings is 1. The van der Waals surface area contributed by atoms with Crippen molar-refractivity contribution in [1.82, 2.24) is 14.6 Å². The molecule has 0 bridgehead atoms. The predicted molar refractivity (Wildman–Crippen MR) is 122 cm³/mol. The van der Waals surface area contributed by atoms with Crippen molar-refractivity contribution in [1.29, 1.82) is 0 Å². The van der Waals surface area contributed by atoms with E-state index in [9.17, 15) is 18.0 Å². The number of fused-ring (bicyclic) bond motifs is 1. The molecule has 2 N–H and O–H groups in total. The van der Waals surface area contributed by atoms with Crippen LogP contribution in [0, 0.1) is 12.8 Å². The van der Waals surface area contributed by atoms with E-state index in [1.54, 1.807) is 31.5 Å². The van der Waals surface area contributed by atoms with Gasteiger partial charge in [-0.3, -0.25) is 14.6 Å². The van der Waals surface area contributed by atoms with Crippen molar-refractivity contribution in [3.8, 4) is 5.75 Å². The number of carbonyl (C=O) groups excluding carboxylic acids is 2. The molecule has 4 rings (SSSR count). The highest BCUT2D eigenvalue weighted by molar-refractivity contribution is 7.89. The van der Waals surface area contributed by atoms with Crippen LogP contribution in [0.5, 0.6) is 5.75 Å². The molecule has 0 saturated carbocycles. The third kappa shape index (κ3) is 4.86. The molecule has 9 nitrogen and oxygen atoms in total. The Morgan fingerprint density at radius 1 is 1.36 bits per heavy atom. The zero-order valence-corrected chi connectivity index (χ0v) is 19.5. The van der Waals surface area contributed by atoms with Gasteiger partial charge in [0, 0.05) is 38.1 Å². The van der Waals surface area contributed by atoms with Crippen LogP contribution in [-0.4, -0.2) is 48.7 Å². The second-order valence-corrected chi connectivity index (χ2v) is 10.3. The number of ether oxygens (including phenoxy) is 1. The molecule has 2 atom stereocenters. The Morgan fingerprint density at radius 3 is 2.91 bits per heavy atom. The summed E-state index contributed by atoms with van der Waals surface area (Å²) in [6.45, 7) is 4.33. The number of anilines is 1. The number of benzene rings is 1. The van der Waals surface area contributed by atoms with Crippen LogP contribution in [0.3, 0.4) is 0 Å². The minimum atomic E-state index is -3.85. The van der Waals surface area contributed by atoms with Crippen LogP contribution in [0.15, 0.2) is 41.6 Å². The molecule has 1 fully saturated rings. The Labute approximate surface area is 193 Å². The molecule has 1 aromatic carbocycles. The largest absolute Gasteiger partial charge is 0.478 e. The summed E-state index contributed by atoms with van der Waals surface area (Å²) in [6.07, 6.45) is 4.39. The fourth-order valence-corrected chi connectivity index (χ4v) is 5.93. The van der Waals surface area contributed by atoms with Gasteiger partial charge in [0.05, 0.1) is 16.5 Å². The van der Waals surface area contributed by atoms with Gasteiger partial charge in [-0.25, -0.2) is 8.42 Å². The molecule has 3 heterocycles. The van der Waals surface area contributed by atoms with Gasteiger partial charge in [-0.05, 0) is 49.4 Å². The first-order valence-electron chi connectivity index (χ1n) is 11.1. The van der Waals surface area contributed by atoms with E-state index < -0.39 is 22.0 Å². The molecular weight excluding hydrogens is 444 g/mol. The lowest BCUT2D eigenvalue weighted by Crippen LogP contribution is -2.45. The van der Waals surface area contributed by atoms with Gasteiger partial charge >= 0.3 is 0 Å². The first kappa shape index (κ1) is 23.2. The van der Waals surface area contributed by atoms with E-state index in [2.05, 4.69) is 15.6 Å². The van der Waals surface area contributed by atoms with E-state index in [1.807, 2.05) is 13.0 Å². The standard InChI is InChI=1S/C23H28N4O5S/c1-3-19-23(29)26-18-10-15(2)21(11-20(18)32-19)33(30,31)27-9-5-7-17(14-27)22(28)25-13-16-6-4-8-24-12-16/h4,6,8,10-12,17,19H,3,5,7,9,13-14H2,1-2H3,(H,25,28)(H,26,29)/t17-,19+/m0/s1. The van der Waals surface area contributed by atoms with E-state index in [0.29, 0.717) is 49.4 Å². The van der Waals surface area contributed by atoms with Crippen molar-refractivity contribution >= 4 is 27.5 Å². The molecule has 1 aromatic heterocycles. The minimum Gasteiger partial charge on any atom is -0.478 e. The van der Waals surface area contributed by atoms with Crippen molar-refractivity contribution < 1.29 is 22.7 Å². The first-order chi connectivity index (χ1) is 15.8. The van der Waals surface area contributed by atoms with Crippen LogP contribution in [0.2, 0.25) is 0 Å². The van der Waals surface area contributed by atoms with Crippen molar-refractivity contribution in [2.24, 2.45) is 5.92 Å². The Morgan fingerprint density at radius 2 is 2.18 bits per heavy atom. The average Bonchev–Trinajstić information content (AvgIpc) is 2.82. The summed E-state index contributed by atoms with van der Waals surface area (Å²) in [5.41, 5.74) is 1.86. The van der Waals surface area contributed by atoms with Gasteiger partial charge in [0.25, 0.3) is 5.91 Å². The molecule has 10 heteroatoms. The van der Waals surface area contributed by atoms with Crippen molar-refractivity contribution in [3.05, 3.63) is 47.8 Å². The fraction of sp³-hybridized carbons (Fsp3) is 0.435. The summed E-state index contributed by atoms with van der Waals surface area (Å²) in [5.74, 6) is -0.495. The van der Waals surface area contributed by atoms with Crippen LogP contribution >= 0.6 is 0 Å². The molecular formula is C23H28N4O5S. The number of nitrogens with one attached hydrogen (secondary N) is 2. The smallest absolute Gasteiger partial charge is 0.265 e. The van der Waals surface area contributed by atoms with Crippen LogP contribution in [0.25, 0.3) is 0 Å². The number of carbonyl (C=O) groups is 2. The summed E-state index contributed by atoms with van der Waals surface area (Å²) < 4.78 is 34.1. The molecule has 2 aromatic rings. The Kier molecular flexibility index (Phi) is 6.66. The average molecular weight is 473 g/mol. The third-order valence-corrected chi connectivity index (χ3v) is 8.04. The zero-order valence-electron chi connectivity index (χ0n) is 18.7. The Hall–Kier alpha value is -2.98. The predicted octanol–water partition coefficient (Wildman–Crippen LogP) is 2.22. The number of sulfonamides is 1. The van der Waals surface area contributed by atoms with Gasteiger partial charge in [-0.2, -0.15) is 4.31 Å². The van der Waals surface area contributed by atoms with Crippen LogP contribution in [-0.2, 0) is 26.2 Å². The van der Waals surface area contributed by atoms with E-state index in [-0.39, 0.29) is 23.3 Å². The van der Waals surface area contributed by atoms with Gasteiger partial charge in [0.1, 0.15) is 5.75 Å². The Balaban J connectivity index is 1.50. The quantitative estimate of drug-likeness (QED) is 0.666. The highest BCUT2D eigenvalue weighted by atomic mass is 32.2. The molecule has 2 amide bonds. The van der Waals surface area contributed by atoms with Gasteiger partial charge < -0.3 is 15.4 Å². The number of aromatic nitrogens is 1. The summed E-state index contributed by atoms with van der Waals surface area (Å²) >= 11 is 0. The molecule has 2 aliphatic rings. The first-order valence-corrected chi connectivity index (χ1v) is 12.5. The molecule has 0 radical (unpaired) electrons. The van der Waals surface area contributed by atoms with Gasteiger partial charge in [-0.15, -0.1) is 0 Å². The lowest BCUT2D eigenvalue weighted by Gasteiger charge is -2.32. The maximum atomic E-state index is 13.5. The number of hydrogen-bond donors (Lipinski definition) is 2. The lowest BCUT2D eigenvalue weighted by molar-refractivity contribution is -0.126. The summed E-state index contributed by atoms with van der Waals surface area (Å²) in [4.78, 5) is 29.0. The van der Waals surface area contributed by atoms with Gasteiger partial charge in [0.2, 0.25) is 15.9 Å². The van der Waals surface area contributed by atoms with Gasteiger partial charge in [0.15, 0.2) is 6.10 Å². The fourth-order valence-electron chi connectivity index (χ4n) is 4.18. The van der Waals surface area contributed by atoms with Crippen molar-refractivity contribution in [2.75, 3.05) is 18.4 Å². The van der Waals surface area contributed by atoms with E-state index in [0.717, 1.165) is 5.56 Å². The molecule has 0 spiro atoms. The molecule has 0 aliphatic carbocycles. The third-order valence-electron chi connectivity index (χ3n) is 6.03. The Bertz CT molecular complexity index is 1150. The molecule has 2 aliphatic heterocycles. The second-order valence-electron chi connectivity index (χ2n) is 8.40. The molecule has 0 unspecified atom stereocenters. The van der Waals surface area contributed by atoms with E-state index in [4.69, 9.17) is 4.74 Å². The minimum absolute atomic E-state index is 0.118. The number of pyridine rings is 1. The summed E-state index contributed by atoms with van der Waals surface area (Å²) in [5, 5.41) is 5.67. The maximum absolute atomic E-state index is 13.5. The highest BCUT2D eigenvalue weighted by Crippen LogP contribution is 2.36. The summed E-state index contributed by atoms with van der Waals surface area (Å²) in [7, 11) is -3.85. The number of nitrogens with zero attached hydrogens (tertiary/aromatic N) is 2. The van der Waals surface area contributed by atoms with Crippen molar-refractivity contribution in [2.45, 2.75) is 50.7 Å². The number of hydrogen-bond acceptors (Lipinski definition) is 6. The van der Waals surface area contributed by atoms with E-state index >= 15 is 0 Å². The van der Waals surface area contributed by atoms with E-state index in [1.165, 1.54) is 10.4 Å². The second kappa shape index (κ2) is 9.48. The monoisotopic (exact) mass is 472 g/mol. The normalized spacial score (nSPS) is 21.0. The lowest BCUT2D eigenvalue weighted by atomic mass is 9.99. The van der Waals surface area contributed by atoms with Crippen molar-refractivity contribution in [3.63, 3.8) is 0 Å². The van der Waals surface area contributed by atoms with Gasteiger partial charge in [-0.1, -0.05) is 13.0 Å². The van der Waals surface area contributed by atoms with Crippen LogP contribution < -0.4 is 15.4 Å². The highest BCUT2D eigenvalue weighted by Gasteiger charge is 2.35. The van der Waals surface area contributed by atoms with Crippen LogP contribution in [0.1, 0.15) is 37.3 Å². The number of rotatable bonds is 6. The molecule has 33 heavy (non-hydrogen) atoms. The molecule has 176 valence electrons. The summed E-state index contributed by atoms with van der Waals surface area (Å²) in [6, 6.07) is 6.77.